The number of nitrogens with one attached hydrogen (secondary N) is 1. The third-order valence-electron chi connectivity index (χ3n) is 8.43. The minimum absolute atomic E-state index is 0.0911. The van der Waals surface area contributed by atoms with Gasteiger partial charge in [-0.3, -0.25) is 23.7 Å². The Balaban J connectivity index is 0.000000462. The van der Waals surface area contributed by atoms with Crippen molar-refractivity contribution in [2.24, 2.45) is 5.41 Å². The normalized spacial score (nSPS) is 22.4. The Labute approximate surface area is 255 Å². The molecule has 2 saturated heterocycles. The molecule has 2 aliphatic carbocycles. The van der Waals surface area contributed by atoms with E-state index in [2.05, 4.69) is 20.2 Å². The Kier molecular flexibility index (Phi) is 10.5. The molecule has 4 heterocycles. The zero-order valence-corrected chi connectivity index (χ0v) is 24.2. The van der Waals surface area contributed by atoms with Gasteiger partial charge >= 0.3 is 0 Å². The van der Waals surface area contributed by atoms with Gasteiger partial charge in [-0.15, -0.1) is 0 Å². The standard InChI is InChI=1S/C26H29F2N5O3.3CH2O2/c27-26(28)8-15(9-26)30-24-29-10-21-19-6-3-17(32-11-25(12-32)13-36-14-25)7-20(19)23(35)33(22(21)31-24)16-1-4-18(34)5-2-16;3*2-1-3/h3,6-7,10,15-16,18,34H,1-2,4-5,8-9,11-14H2,(H,29,30,31);3*1H,(H,2,3)/t16-,18-;;;. The summed E-state index contributed by atoms with van der Waals surface area (Å²) >= 11 is 0. The van der Waals surface area contributed by atoms with Crippen LogP contribution in [0.5, 0.6) is 0 Å². The number of alkyl halides is 2. The Morgan fingerprint density at radius 3 is 2.07 bits per heavy atom. The number of aliphatic hydroxyl groups is 1. The van der Waals surface area contributed by atoms with E-state index >= 15 is 0 Å². The molecule has 0 amide bonds. The quantitative estimate of drug-likeness (QED) is 0.207. The first kappa shape index (κ1) is 33.5. The number of carboxylic acid groups (broad SMARTS) is 3. The first-order valence-electron chi connectivity index (χ1n) is 14.3. The van der Waals surface area contributed by atoms with Crippen molar-refractivity contribution < 1.29 is 48.3 Å². The number of benzene rings is 1. The summed E-state index contributed by atoms with van der Waals surface area (Å²) in [6.45, 7) is 2.71. The lowest BCUT2D eigenvalue weighted by Gasteiger charge is -2.56. The second-order valence-corrected chi connectivity index (χ2v) is 11.6. The van der Waals surface area contributed by atoms with E-state index in [1.807, 2.05) is 18.2 Å². The summed E-state index contributed by atoms with van der Waals surface area (Å²) in [6.07, 6.45) is 3.47. The number of pyridine rings is 1. The van der Waals surface area contributed by atoms with Gasteiger partial charge in [-0.05, 0) is 43.2 Å². The van der Waals surface area contributed by atoms with E-state index in [1.165, 1.54) is 0 Å². The lowest BCUT2D eigenvalue weighted by molar-refractivity contribution is -0.127. The number of ether oxygens (including phenoxy) is 1. The first-order chi connectivity index (χ1) is 21.5. The molecule has 0 bridgehead atoms. The third kappa shape index (κ3) is 7.28. The van der Waals surface area contributed by atoms with Gasteiger partial charge in [-0.2, -0.15) is 4.98 Å². The first-order valence-corrected chi connectivity index (χ1v) is 14.3. The number of anilines is 2. The maximum Gasteiger partial charge on any atom is 0.290 e. The number of halogens is 2. The van der Waals surface area contributed by atoms with Crippen molar-refractivity contribution >= 4 is 52.9 Å². The highest BCUT2D eigenvalue weighted by Gasteiger charge is 2.49. The molecular weight excluding hydrogens is 600 g/mol. The van der Waals surface area contributed by atoms with Crippen molar-refractivity contribution in [2.45, 2.75) is 62.6 Å². The smallest absolute Gasteiger partial charge is 0.290 e. The maximum absolute atomic E-state index is 14.0. The van der Waals surface area contributed by atoms with Gasteiger partial charge in [0, 0.05) is 55.3 Å². The van der Waals surface area contributed by atoms with Crippen molar-refractivity contribution in [3.05, 3.63) is 34.7 Å². The monoisotopic (exact) mass is 635 g/mol. The Hall–Kier alpha value is -4.44. The summed E-state index contributed by atoms with van der Waals surface area (Å²) in [5.41, 5.74) is 1.69. The third-order valence-corrected chi connectivity index (χ3v) is 8.43. The minimum Gasteiger partial charge on any atom is -0.483 e. The van der Waals surface area contributed by atoms with E-state index < -0.39 is 5.92 Å². The Morgan fingerprint density at radius 2 is 1.53 bits per heavy atom. The van der Waals surface area contributed by atoms with E-state index in [0.717, 1.165) is 42.8 Å². The van der Waals surface area contributed by atoms with E-state index in [-0.39, 0.29) is 67.4 Å². The van der Waals surface area contributed by atoms with Crippen LogP contribution in [0.25, 0.3) is 21.8 Å². The second kappa shape index (κ2) is 14.1. The minimum atomic E-state index is -2.64. The van der Waals surface area contributed by atoms with E-state index in [9.17, 15) is 18.7 Å². The largest absolute Gasteiger partial charge is 0.483 e. The number of nitrogens with zero attached hydrogens (tertiary/aromatic N) is 4. The van der Waals surface area contributed by atoms with Crippen LogP contribution < -0.4 is 15.8 Å². The molecule has 2 aromatic heterocycles. The van der Waals surface area contributed by atoms with Gasteiger partial charge in [-0.1, -0.05) is 6.07 Å². The summed E-state index contributed by atoms with van der Waals surface area (Å²) in [5.74, 6) is -2.38. The molecule has 7 rings (SSSR count). The summed E-state index contributed by atoms with van der Waals surface area (Å²) in [5, 5.41) is 35.9. The highest BCUT2D eigenvalue weighted by atomic mass is 19.3. The van der Waals surface area contributed by atoms with Gasteiger partial charge in [0.05, 0.1) is 30.1 Å². The van der Waals surface area contributed by atoms with Crippen LogP contribution in [0.4, 0.5) is 20.4 Å². The van der Waals surface area contributed by atoms with Crippen LogP contribution in [0.3, 0.4) is 0 Å². The Morgan fingerprint density at radius 1 is 0.933 bits per heavy atom. The fourth-order valence-electron chi connectivity index (χ4n) is 6.30. The lowest BCUT2D eigenvalue weighted by Crippen LogP contribution is -2.66. The van der Waals surface area contributed by atoms with Crippen molar-refractivity contribution in [2.75, 3.05) is 36.5 Å². The average molecular weight is 636 g/mol. The van der Waals surface area contributed by atoms with Gasteiger partial charge in [0.2, 0.25) is 5.95 Å². The zero-order valence-electron chi connectivity index (χ0n) is 24.2. The summed E-state index contributed by atoms with van der Waals surface area (Å²) in [7, 11) is 0. The van der Waals surface area contributed by atoms with Crippen LogP contribution >= 0.6 is 0 Å². The van der Waals surface area contributed by atoms with Crippen molar-refractivity contribution in [1.29, 1.82) is 0 Å². The summed E-state index contributed by atoms with van der Waals surface area (Å²) < 4.78 is 33.8. The van der Waals surface area contributed by atoms with Gasteiger partial charge in [-0.25, -0.2) is 13.8 Å². The van der Waals surface area contributed by atoms with Crippen LogP contribution in [0.1, 0.15) is 44.6 Å². The number of fused-ring (bicyclic) bond motifs is 3. The molecule has 4 fully saturated rings. The number of hydrogen-bond acceptors (Lipinski definition) is 10. The number of carbonyl (C=O) groups is 3. The molecule has 0 radical (unpaired) electrons. The average Bonchev–Trinajstić information content (AvgIpc) is 2.93. The SMILES string of the molecule is O=CO.O=CO.O=CO.O=c1c2cc(N3CC4(COC4)C3)ccc2c2cnc(NC3CC(F)(F)C3)nc2n1[C@H]1CC[C@H](O)CC1. The molecule has 0 unspecified atom stereocenters. The van der Waals surface area contributed by atoms with E-state index in [1.54, 1.807) is 10.8 Å². The Bertz CT molecular complexity index is 1550. The molecule has 2 saturated carbocycles. The predicted octanol–water partition coefficient (Wildman–Crippen LogP) is 2.57. The molecule has 1 aromatic carbocycles. The molecule has 45 heavy (non-hydrogen) atoms. The topological polar surface area (TPSA) is 204 Å². The van der Waals surface area contributed by atoms with Gasteiger partial charge in [0.1, 0.15) is 5.65 Å². The summed E-state index contributed by atoms with van der Waals surface area (Å²) in [4.78, 5) is 50.4. The van der Waals surface area contributed by atoms with Crippen LogP contribution in [-0.4, -0.2) is 98.7 Å². The maximum atomic E-state index is 14.0. The van der Waals surface area contributed by atoms with E-state index in [4.69, 9.17) is 34.4 Å². The molecule has 244 valence electrons. The van der Waals surface area contributed by atoms with Gasteiger partial charge in [0.15, 0.2) is 0 Å². The molecule has 0 atom stereocenters. The molecular formula is C29H35F2N5O9. The fraction of sp³-hybridized carbons (Fsp3) is 0.517. The van der Waals surface area contributed by atoms with Gasteiger partial charge in [0.25, 0.3) is 30.9 Å². The molecule has 16 heteroatoms. The molecule has 4 aliphatic rings. The van der Waals surface area contributed by atoms with Crippen molar-refractivity contribution in [1.82, 2.24) is 14.5 Å². The molecule has 1 spiro atoms. The molecule has 2 aliphatic heterocycles. The van der Waals surface area contributed by atoms with Crippen LogP contribution in [-0.2, 0) is 19.1 Å². The highest BCUT2D eigenvalue weighted by molar-refractivity contribution is 6.05. The van der Waals surface area contributed by atoms with E-state index in [0.29, 0.717) is 36.7 Å². The predicted molar refractivity (Wildman–Crippen MR) is 158 cm³/mol. The number of aromatic nitrogens is 3. The van der Waals surface area contributed by atoms with Gasteiger partial charge < -0.3 is 35.4 Å². The zero-order chi connectivity index (χ0) is 32.8. The van der Waals surface area contributed by atoms with Crippen LogP contribution in [0.2, 0.25) is 0 Å². The number of hydrogen-bond donors (Lipinski definition) is 5. The molecule has 3 aromatic rings. The second-order valence-electron chi connectivity index (χ2n) is 11.6. The fourth-order valence-corrected chi connectivity index (χ4v) is 6.30. The molecule has 14 nitrogen and oxygen atoms in total. The molecule has 5 N–H and O–H groups in total. The number of aliphatic hydroxyl groups excluding tert-OH is 1. The van der Waals surface area contributed by atoms with Crippen molar-refractivity contribution in [3.8, 4) is 0 Å². The highest BCUT2D eigenvalue weighted by Crippen LogP contribution is 2.42. The lowest BCUT2D eigenvalue weighted by atomic mass is 9.77. The van der Waals surface area contributed by atoms with Crippen molar-refractivity contribution in [3.63, 3.8) is 0 Å². The summed E-state index contributed by atoms with van der Waals surface area (Å²) in [6, 6.07) is 5.50. The van der Waals surface area contributed by atoms with Crippen LogP contribution in [0, 0.1) is 5.41 Å². The number of rotatable bonds is 4. The van der Waals surface area contributed by atoms with Crippen LogP contribution in [0.15, 0.2) is 29.2 Å².